The molecular weight excluding hydrogens is 218 g/mol. The zero-order valence-corrected chi connectivity index (χ0v) is 9.61. The van der Waals surface area contributed by atoms with Crippen molar-refractivity contribution in [1.82, 2.24) is 5.32 Å². The molecule has 5 nitrogen and oxygen atoms in total. The van der Waals surface area contributed by atoms with Gasteiger partial charge in [0.25, 0.3) is 0 Å². The van der Waals surface area contributed by atoms with Gasteiger partial charge in [0.05, 0.1) is 0 Å². The van der Waals surface area contributed by atoms with E-state index in [9.17, 15) is 0 Å². The fraction of sp³-hybridized carbons (Fsp3) is 1.00. The highest BCUT2D eigenvalue weighted by Crippen LogP contribution is 1.59. The van der Waals surface area contributed by atoms with Crippen LogP contribution in [0.2, 0.25) is 0 Å². The van der Waals surface area contributed by atoms with E-state index in [1.165, 1.54) is 0 Å². The first-order chi connectivity index (χ1) is 5.83. The Kier molecular flexibility index (Phi) is 21.2. The van der Waals surface area contributed by atoms with Crippen LogP contribution in [0.5, 0.6) is 0 Å². The Morgan fingerprint density at radius 2 is 1.31 bits per heavy atom. The summed E-state index contributed by atoms with van der Waals surface area (Å²) < 4.78 is 34.1. The van der Waals surface area contributed by atoms with Crippen molar-refractivity contribution in [2.45, 2.75) is 20.8 Å². The Balaban J connectivity index is -0.000000120. The molecule has 0 aliphatic carbocycles. The smallest absolute Gasteiger partial charge is 0.0311 e. The monoisotopic (exact) mass is 233 g/mol. The van der Waals surface area contributed by atoms with Crippen molar-refractivity contribution in [3.05, 3.63) is 0 Å². The highest BCUT2D eigenvalue weighted by atomic mass is 35.5. The summed E-state index contributed by atoms with van der Waals surface area (Å²) in [5.41, 5.74) is 0. The van der Waals surface area contributed by atoms with Gasteiger partial charge in [0.15, 0.2) is 0 Å². The Hall–Kier alpha value is 0.120. The number of hydrogen-bond acceptors (Lipinski definition) is 5. The average Bonchev–Trinajstić information content (AvgIpc) is 1.87. The topological polar surface area (TPSA) is 92.3 Å². The second-order valence-corrected chi connectivity index (χ2v) is 2.98. The molecule has 7 heteroatoms. The van der Waals surface area contributed by atoms with Gasteiger partial charge in [-0.2, -0.15) is 0 Å². The highest BCUT2D eigenvalue weighted by molar-refractivity contribution is 7.79. The van der Waals surface area contributed by atoms with E-state index in [4.69, 9.17) is 29.1 Å². The number of hydrogen-bond donors (Lipinski definition) is 1. The van der Waals surface area contributed by atoms with E-state index in [-0.39, 0.29) is 0 Å². The van der Waals surface area contributed by atoms with E-state index in [1.54, 1.807) is 0 Å². The van der Waals surface area contributed by atoms with Crippen LogP contribution in [0.15, 0.2) is 0 Å². The molecule has 1 N–H and O–H groups in total. The van der Waals surface area contributed by atoms with Gasteiger partial charge in [-0.1, -0.05) is 20.8 Å². The molecule has 0 amide bonds. The van der Waals surface area contributed by atoms with Crippen molar-refractivity contribution < 1.29 is 17.5 Å². The van der Waals surface area contributed by atoms with E-state index in [0.717, 1.165) is 19.0 Å². The quantitative estimate of drug-likeness (QED) is 0.427. The number of rotatable bonds is 2. The molecule has 0 fully saturated rings. The summed E-state index contributed by atoms with van der Waals surface area (Å²) in [6, 6.07) is 0. The molecule has 0 rings (SSSR count). The van der Waals surface area contributed by atoms with Gasteiger partial charge in [-0.3, -0.25) is 8.42 Å². The van der Waals surface area contributed by atoms with Crippen molar-refractivity contribution >= 4 is 22.0 Å². The van der Waals surface area contributed by atoms with E-state index < -0.39 is 10.4 Å². The largest absolute Gasteiger partial charge is 0.759 e. The zero-order valence-electron chi connectivity index (χ0n) is 8.04. The number of nitrogens with one attached hydrogen (secondary N) is 1. The van der Waals surface area contributed by atoms with E-state index in [0.29, 0.717) is 0 Å². The first-order valence-electron chi connectivity index (χ1n) is 3.76. The number of alkyl halides is 1. The minimum absolute atomic E-state index is 0.722. The van der Waals surface area contributed by atoms with Crippen LogP contribution in [-0.2, 0) is 10.4 Å². The number of halogens is 1. The van der Waals surface area contributed by atoms with Crippen LogP contribution in [0.1, 0.15) is 20.8 Å². The maximum Gasteiger partial charge on any atom is 0.0311 e. The maximum atomic E-state index is 8.52. The van der Waals surface area contributed by atoms with Crippen LogP contribution < -0.4 is 5.32 Å². The summed E-state index contributed by atoms with van der Waals surface area (Å²) in [5.74, 6) is 0.722. The van der Waals surface area contributed by atoms with Crippen LogP contribution in [0.3, 0.4) is 0 Å². The second kappa shape index (κ2) is 14.6. The lowest BCUT2D eigenvalue weighted by Crippen LogP contribution is -2.09. The summed E-state index contributed by atoms with van der Waals surface area (Å²) >= 11 is 5.00. The summed E-state index contributed by atoms with van der Waals surface area (Å²) in [6.45, 7) is 8.28. The molecule has 0 aromatic heterocycles. The van der Waals surface area contributed by atoms with Gasteiger partial charge < -0.3 is 14.4 Å². The molecule has 0 saturated heterocycles. The first kappa shape index (κ1) is 18.8. The lowest BCUT2D eigenvalue weighted by Gasteiger charge is -2.06. The highest BCUT2D eigenvalue weighted by Gasteiger charge is 1.62. The molecule has 0 atom stereocenters. The van der Waals surface area contributed by atoms with Crippen LogP contribution in [0.25, 0.3) is 0 Å². The SMILES string of the molecule is CCCl.CCNCC.O=S(=O)([O-])[O-]. The molecule has 0 radical (unpaired) electrons. The molecular formula is C6H16ClNO4S-2. The Labute approximate surface area is 85.1 Å². The van der Waals surface area contributed by atoms with Crippen molar-refractivity contribution in [2.24, 2.45) is 0 Å². The van der Waals surface area contributed by atoms with Gasteiger partial charge in [0.1, 0.15) is 0 Å². The van der Waals surface area contributed by atoms with Gasteiger partial charge >= 0.3 is 0 Å². The van der Waals surface area contributed by atoms with Gasteiger partial charge in [0, 0.05) is 16.3 Å². The lowest BCUT2D eigenvalue weighted by atomic mass is 10.7. The third kappa shape index (κ3) is 276. The Morgan fingerprint density at radius 1 is 1.15 bits per heavy atom. The van der Waals surface area contributed by atoms with Crippen LogP contribution in [0, 0.1) is 0 Å². The molecule has 0 spiro atoms. The summed E-state index contributed by atoms with van der Waals surface area (Å²) in [5, 5.41) is 3.11. The lowest BCUT2D eigenvalue weighted by molar-refractivity contribution is 0.352. The molecule has 0 heterocycles. The minimum Gasteiger partial charge on any atom is -0.759 e. The van der Waals surface area contributed by atoms with Gasteiger partial charge in [-0.05, 0) is 13.1 Å². The summed E-state index contributed by atoms with van der Waals surface area (Å²) in [6.07, 6.45) is 0. The van der Waals surface area contributed by atoms with E-state index in [1.807, 2.05) is 6.92 Å². The average molecular weight is 234 g/mol. The first-order valence-corrected chi connectivity index (χ1v) is 5.63. The van der Waals surface area contributed by atoms with E-state index >= 15 is 0 Å². The van der Waals surface area contributed by atoms with Gasteiger partial charge in [-0.25, -0.2) is 0 Å². The predicted octanol–water partition coefficient (Wildman–Crippen LogP) is 0.523. The Bertz CT molecular complexity index is 150. The van der Waals surface area contributed by atoms with E-state index in [2.05, 4.69) is 19.2 Å². The normalized spacial score (nSPS) is 9.08. The van der Waals surface area contributed by atoms with Crippen molar-refractivity contribution in [3.63, 3.8) is 0 Å². The minimum atomic E-state index is -5.17. The summed E-state index contributed by atoms with van der Waals surface area (Å²) in [7, 11) is -5.17. The fourth-order valence-corrected chi connectivity index (χ4v) is 0.250. The summed E-state index contributed by atoms with van der Waals surface area (Å²) in [4.78, 5) is 0. The standard InChI is InChI=1S/C4H11N.C2H5Cl.H2O4S/c1-3-5-4-2;1-2-3;1-5(2,3)4/h5H,3-4H2,1-2H3;2H2,1H3;(H2,1,2,3,4)/p-2. The molecule has 0 bridgehead atoms. The molecule has 0 aliphatic rings. The van der Waals surface area contributed by atoms with Crippen LogP contribution in [0.4, 0.5) is 0 Å². The maximum absolute atomic E-state index is 8.52. The van der Waals surface area contributed by atoms with Crippen molar-refractivity contribution in [1.29, 1.82) is 0 Å². The van der Waals surface area contributed by atoms with Crippen LogP contribution >= 0.6 is 11.6 Å². The fourth-order valence-electron chi connectivity index (χ4n) is 0.250. The second-order valence-electron chi connectivity index (χ2n) is 1.63. The van der Waals surface area contributed by atoms with Crippen LogP contribution in [-0.4, -0.2) is 36.5 Å². The molecule has 0 saturated carbocycles. The molecule has 0 aromatic rings. The Morgan fingerprint density at radius 3 is 1.31 bits per heavy atom. The molecule has 0 unspecified atom stereocenters. The van der Waals surface area contributed by atoms with Crippen molar-refractivity contribution in [3.8, 4) is 0 Å². The predicted molar refractivity (Wildman–Crippen MR) is 51.1 cm³/mol. The molecule has 84 valence electrons. The molecule has 13 heavy (non-hydrogen) atoms. The third-order valence-corrected chi connectivity index (χ3v) is 0.500. The zero-order chi connectivity index (χ0) is 11.3. The third-order valence-electron chi connectivity index (χ3n) is 0.500. The van der Waals surface area contributed by atoms with Gasteiger partial charge in [0.2, 0.25) is 0 Å². The van der Waals surface area contributed by atoms with Gasteiger partial charge in [-0.15, -0.1) is 11.6 Å². The van der Waals surface area contributed by atoms with Crippen molar-refractivity contribution in [2.75, 3.05) is 19.0 Å². The molecule has 0 aliphatic heterocycles. The molecule has 0 aromatic carbocycles.